The standard InChI is InChI=1S/C28H44O3/c1-19-9-12-23(29)18-22(19)11-10-21-8-7-16-27(5)24(13-14-25(21)27)20(2)15-17-28(6,31)26(3,4)30/h10-11,15,17,20,23-25,29-31H,1,7-9,12-14,16,18H2,2-6H3/b17-15+,21-10+,22-11-/t20-,23+,24-,25+,27-,28+/m1/s1. The number of aliphatic hydroxyl groups is 3. The maximum Gasteiger partial charge on any atom is 0.108 e. The quantitative estimate of drug-likeness (QED) is 0.480. The molecule has 0 aromatic rings. The summed E-state index contributed by atoms with van der Waals surface area (Å²) in [4.78, 5) is 0. The van der Waals surface area contributed by atoms with Crippen molar-refractivity contribution >= 4 is 0 Å². The molecule has 3 heteroatoms. The van der Waals surface area contributed by atoms with Crippen LogP contribution in [0, 0.1) is 23.2 Å². The minimum Gasteiger partial charge on any atom is -0.393 e. The van der Waals surface area contributed by atoms with Crippen LogP contribution >= 0.6 is 0 Å². The van der Waals surface area contributed by atoms with Crippen molar-refractivity contribution < 1.29 is 15.3 Å². The Balaban J connectivity index is 1.77. The molecule has 3 aliphatic carbocycles. The SMILES string of the molecule is C=C1CC[C@H](O)C/C1=C/C=C1\CCC[C@]2(C)[C@@H]([C@H](C)/C=C/[C@](C)(O)C(C)(C)O)CC[C@@H]12. The van der Waals surface area contributed by atoms with E-state index in [0.717, 1.165) is 19.3 Å². The molecule has 0 bridgehead atoms. The van der Waals surface area contributed by atoms with Gasteiger partial charge in [-0.05, 0) is 101 Å². The van der Waals surface area contributed by atoms with E-state index in [1.807, 2.05) is 0 Å². The highest BCUT2D eigenvalue weighted by atomic mass is 16.3. The lowest BCUT2D eigenvalue weighted by atomic mass is 9.61. The molecule has 3 aliphatic rings. The van der Waals surface area contributed by atoms with Crippen molar-refractivity contribution in [3.8, 4) is 0 Å². The van der Waals surface area contributed by atoms with Crippen LogP contribution in [-0.4, -0.2) is 32.6 Å². The van der Waals surface area contributed by atoms with Gasteiger partial charge in [-0.15, -0.1) is 0 Å². The second kappa shape index (κ2) is 9.00. The number of aliphatic hydroxyl groups excluding tert-OH is 1. The van der Waals surface area contributed by atoms with E-state index in [4.69, 9.17) is 0 Å². The summed E-state index contributed by atoms with van der Waals surface area (Å²) in [5.41, 5.74) is 1.83. The molecule has 174 valence electrons. The van der Waals surface area contributed by atoms with Gasteiger partial charge in [0.2, 0.25) is 0 Å². The van der Waals surface area contributed by atoms with Crippen LogP contribution in [0.25, 0.3) is 0 Å². The van der Waals surface area contributed by atoms with E-state index in [0.29, 0.717) is 17.8 Å². The van der Waals surface area contributed by atoms with Crippen molar-refractivity contribution in [1.82, 2.24) is 0 Å². The molecule has 3 rings (SSSR count). The van der Waals surface area contributed by atoms with Crippen molar-refractivity contribution in [3.63, 3.8) is 0 Å². The Labute approximate surface area is 189 Å². The highest BCUT2D eigenvalue weighted by Crippen LogP contribution is 2.59. The van der Waals surface area contributed by atoms with Gasteiger partial charge >= 0.3 is 0 Å². The van der Waals surface area contributed by atoms with Crippen LogP contribution in [0.5, 0.6) is 0 Å². The summed E-state index contributed by atoms with van der Waals surface area (Å²) in [6.45, 7) is 13.9. The van der Waals surface area contributed by atoms with Gasteiger partial charge in [0.05, 0.1) is 11.7 Å². The number of hydrogen-bond acceptors (Lipinski definition) is 3. The molecule has 3 nitrogen and oxygen atoms in total. The van der Waals surface area contributed by atoms with Gasteiger partial charge in [0, 0.05) is 0 Å². The third-order valence-electron chi connectivity index (χ3n) is 8.82. The monoisotopic (exact) mass is 428 g/mol. The fourth-order valence-electron chi connectivity index (χ4n) is 6.22. The van der Waals surface area contributed by atoms with Crippen LogP contribution < -0.4 is 0 Å². The predicted molar refractivity (Wildman–Crippen MR) is 129 cm³/mol. The Morgan fingerprint density at radius 1 is 1.10 bits per heavy atom. The van der Waals surface area contributed by atoms with E-state index >= 15 is 0 Å². The molecule has 3 N–H and O–H groups in total. The average Bonchev–Trinajstić information content (AvgIpc) is 3.03. The summed E-state index contributed by atoms with van der Waals surface area (Å²) in [6.07, 6.45) is 16.8. The largest absolute Gasteiger partial charge is 0.393 e. The Bertz CT molecular complexity index is 764. The molecular formula is C28H44O3. The summed E-state index contributed by atoms with van der Waals surface area (Å²) in [5.74, 6) is 1.54. The summed E-state index contributed by atoms with van der Waals surface area (Å²) in [6, 6.07) is 0. The summed E-state index contributed by atoms with van der Waals surface area (Å²) in [5, 5.41) is 30.9. The predicted octanol–water partition coefficient (Wildman–Crippen LogP) is 5.87. The molecule has 3 fully saturated rings. The first-order chi connectivity index (χ1) is 14.3. The lowest BCUT2D eigenvalue weighted by molar-refractivity contribution is -0.0886. The van der Waals surface area contributed by atoms with Crippen molar-refractivity contribution in [2.45, 2.75) is 103 Å². The first kappa shape index (κ1) is 24.5. The van der Waals surface area contributed by atoms with Gasteiger partial charge in [-0.25, -0.2) is 0 Å². The minimum absolute atomic E-state index is 0.226. The lowest BCUT2D eigenvalue weighted by Crippen LogP contribution is -2.46. The van der Waals surface area contributed by atoms with E-state index in [1.54, 1.807) is 32.4 Å². The first-order valence-electron chi connectivity index (χ1n) is 12.2. The maximum atomic E-state index is 10.6. The summed E-state index contributed by atoms with van der Waals surface area (Å²) >= 11 is 0. The molecule has 3 saturated carbocycles. The molecule has 0 heterocycles. The van der Waals surface area contributed by atoms with Crippen molar-refractivity contribution in [2.75, 3.05) is 0 Å². The second-order valence-corrected chi connectivity index (χ2v) is 11.5. The van der Waals surface area contributed by atoms with Gasteiger partial charge in [-0.1, -0.05) is 55.9 Å². The molecule has 0 radical (unpaired) electrons. The van der Waals surface area contributed by atoms with Crippen molar-refractivity contribution in [3.05, 3.63) is 47.6 Å². The lowest BCUT2D eigenvalue weighted by Gasteiger charge is -2.44. The van der Waals surface area contributed by atoms with Gasteiger partial charge in [0.25, 0.3) is 0 Å². The molecule has 31 heavy (non-hydrogen) atoms. The zero-order valence-electron chi connectivity index (χ0n) is 20.3. The summed E-state index contributed by atoms with van der Waals surface area (Å²) in [7, 11) is 0. The smallest absolute Gasteiger partial charge is 0.108 e. The molecule has 0 saturated heterocycles. The molecule has 0 spiro atoms. The van der Waals surface area contributed by atoms with Crippen molar-refractivity contribution in [1.29, 1.82) is 0 Å². The highest BCUT2D eigenvalue weighted by Gasteiger charge is 2.50. The Hall–Kier alpha value is -1.16. The van der Waals surface area contributed by atoms with Crippen LogP contribution in [0.4, 0.5) is 0 Å². The van der Waals surface area contributed by atoms with Gasteiger partial charge in [-0.2, -0.15) is 0 Å². The van der Waals surface area contributed by atoms with E-state index in [-0.39, 0.29) is 11.5 Å². The Kier molecular flexibility index (Phi) is 7.11. The van der Waals surface area contributed by atoms with Crippen molar-refractivity contribution in [2.24, 2.45) is 23.2 Å². The zero-order chi connectivity index (χ0) is 23.0. The molecule has 0 unspecified atom stereocenters. The zero-order valence-corrected chi connectivity index (χ0v) is 20.3. The third kappa shape index (κ3) is 5.10. The number of rotatable bonds is 5. The number of hydrogen-bond donors (Lipinski definition) is 3. The molecular weight excluding hydrogens is 384 g/mol. The molecule has 0 aliphatic heterocycles. The van der Waals surface area contributed by atoms with Crippen LogP contribution in [0.1, 0.15) is 86.0 Å². The maximum absolute atomic E-state index is 10.6. The minimum atomic E-state index is -1.24. The fourth-order valence-corrected chi connectivity index (χ4v) is 6.22. The van der Waals surface area contributed by atoms with Crippen LogP contribution in [0.2, 0.25) is 0 Å². The van der Waals surface area contributed by atoms with Gasteiger partial charge < -0.3 is 15.3 Å². The number of allylic oxidation sites excluding steroid dienone is 5. The first-order valence-corrected chi connectivity index (χ1v) is 12.2. The Morgan fingerprint density at radius 3 is 2.48 bits per heavy atom. The van der Waals surface area contributed by atoms with E-state index < -0.39 is 11.2 Å². The highest BCUT2D eigenvalue weighted by molar-refractivity contribution is 5.36. The topological polar surface area (TPSA) is 60.7 Å². The normalized spacial score (nSPS) is 37.9. The molecule has 0 amide bonds. The van der Waals surface area contributed by atoms with E-state index in [9.17, 15) is 15.3 Å². The van der Waals surface area contributed by atoms with Gasteiger partial charge in [0.15, 0.2) is 0 Å². The molecule has 0 aromatic carbocycles. The fraction of sp³-hybridized carbons (Fsp3) is 0.714. The summed E-state index contributed by atoms with van der Waals surface area (Å²) < 4.78 is 0. The van der Waals surface area contributed by atoms with E-state index in [1.165, 1.54) is 43.3 Å². The molecule has 0 aromatic heterocycles. The van der Waals surface area contributed by atoms with E-state index in [2.05, 4.69) is 38.7 Å². The number of fused-ring (bicyclic) bond motifs is 1. The van der Waals surface area contributed by atoms with Crippen LogP contribution in [0.15, 0.2) is 47.6 Å². The molecule has 6 atom stereocenters. The van der Waals surface area contributed by atoms with Gasteiger partial charge in [0.1, 0.15) is 5.60 Å². The average molecular weight is 429 g/mol. The van der Waals surface area contributed by atoms with Crippen LogP contribution in [-0.2, 0) is 0 Å². The van der Waals surface area contributed by atoms with Crippen LogP contribution in [0.3, 0.4) is 0 Å². The Morgan fingerprint density at radius 2 is 1.81 bits per heavy atom. The second-order valence-electron chi connectivity index (χ2n) is 11.5. The van der Waals surface area contributed by atoms with Gasteiger partial charge in [-0.3, -0.25) is 0 Å². The third-order valence-corrected chi connectivity index (χ3v) is 8.82.